The molecule has 144 valence electrons. The average Bonchev–Trinajstić information content (AvgIpc) is 3.17. The predicted octanol–water partition coefficient (Wildman–Crippen LogP) is 3.66. The summed E-state index contributed by atoms with van der Waals surface area (Å²) < 4.78 is 0. The average molecular weight is 383 g/mol. The Bertz CT molecular complexity index is 1150. The second kappa shape index (κ2) is 8.02. The van der Waals surface area contributed by atoms with Gasteiger partial charge in [0, 0.05) is 29.1 Å². The van der Waals surface area contributed by atoms with E-state index in [2.05, 4.69) is 10.3 Å². The number of H-pyrrole nitrogens is 1. The van der Waals surface area contributed by atoms with Gasteiger partial charge in [-0.05, 0) is 34.9 Å². The molecule has 4 rings (SSSR count). The number of primary amides is 1. The fraction of sp³-hybridized carbons (Fsp3) is 0.0833. The van der Waals surface area contributed by atoms with Gasteiger partial charge in [-0.3, -0.25) is 9.59 Å². The number of aromatic nitrogens is 1. The molecule has 0 fully saturated rings. The smallest absolute Gasteiger partial charge is 0.251 e. The second-order valence-electron chi connectivity index (χ2n) is 6.94. The topological polar surface area (TPSA) is 88.0 Å². The van der Waals surface area contributed by atoms with Gasteiger partial charge in [0.15, 0.2) is 0 Å². The van der Waals surface area contributed by atoms with Crippen LogP contribution in [0.15, 0.2) is 85.1 Å². The molecule has 0 spiro atoms. The SMILES string of the molecule is NC(=O)[C@H](Cc1c[nH]c2ccccc12)NC(=O)c1ccc(-c2ccccc2)cc1. The number of hydrogen-bond acceptors (Lipinski definition) is 2. The molecule has 5 nitrogen and oxygen atoms in total. The summed E-state index contributed by atoms with van der Waals surface area (Å²) in [4.78, 5) is 27.8. The van der Waals surface area contributed by atoms with E-state index < -0.39 is 11.9 Å². The molecule has 1 heterocycles. The van der Waals surface area contributed by atoms with Crippen LogP contribution in [0.1, 0.15) is 15.9 Å². The highest BCUT2D eigenvalue weighted by Gasteiger charge is 2.21. The van der Waals surface area contributed by atoms with Gasteiger partial charge in [0.05, 0.1) is 0 Å². The van der Waals surface area contributed by atoms with Gasteiger partial charge in [-0.1, -0.05) is 60.7 Å². The van der Waals surface area contributed by atoms with Gasteiger partial charge in [0.1, 0.15) is 6.04 Å². The van der Waals surface area contributed by atoms with Crippen LogP contribution in [0.4, 0.5) is 0 Å². The molecule has 0 radical (unpaired) electrons. The molecule has 2 amide bonds. The summed E-state index contributed by atoms with van der Waals surface area (Å²) in [5, 5.41) is 3.78. The van der Waals surface area contributed by atoms with Crippen molar-refractivity contribution in [3.8, 4) is 11.1 Å². The van der Waals surface area contributed by atoms with Crippen molar-refractivity contribution in [1.82, 2.24) is 10.3 Å². The summed E-state index contributed by atoms with van der Waals surface area (Å²) in [5.41, 5.74) is 10.1. The van der Waals surface area contributed by atoms with Crippen molar-refractivity contribution in [3.63, 3.8) is 0 Å². The lowest BCUT2D eigenvalue weighted by atomic mass is 10.0. The minimum atomic E-state index is -0.796. The summed E-state index contributed by atoms with van der Waals surface area (Å²) in [7, 11) is 0. The Labute approximate surface area is 168 Å². The van der Waals surface area contributed by atoms with Crippen LogP contribution in [0.2, 0.25) is 0 Å². The first-order chi connectivity index (χ1) is 14.1. The Morgan fingerprint density at radius 3 is 2.24 bits per heavy atom. The highest BCUT2D eigenvalue weighted by Crippen LogP contribution is 2.21. The minimum absolute atomic E-state index is 0.326. The third kappa shape index (κ3) is 4.04. The third-order valence-corrected chi connectivity index (χ3v) is 5.00. The molecule has 3 aromatic carbocycles. The van der Waals surface area contributed by atoms with Crippen molar-refractivity contribution in [2.24, 2.45) is 5.73 Å². The van der Waals surface area contributed by atoms with Crippen molar-refractivity contribution >= 4 is 22.7 Å². The molecule has 0 aliphatic carbocycles. The van der Waals surface area contributed by atoms with Crippen LogP contribution >= 0.6 is 0 Å². The normalized spacial score (nSPS) is 11.9. The standard InChI is InChI=1S/C24H21N3O2/c25-23(28)22(14-19-15-26-21-9-5-4-8-20(19)21)27-24(29)18-12-10-17(11-13-18)16-6-2-1-3-7-16/h1-13,15,22,26H,14H2,(H2,25,28)(H,27,29)/t22-/m0/s1. The number of nitrogens with one attached hydrogen (secondary N) is 2. The zero-order valence-corrected chi connectivity index (χ0v) is 15.8. The molecule has 29 heavy (non-hydrogen) atoms. The number of carbonyl (C=O) groups excluding carboxylic acids is 2. The highest BCUT2D eigenvalue weighted by atomic mass is 16.2. The summed E-state index contributed by atoms with van der Waals surface area (Å²) in [5.74, 6) is -0.891. The highest BCUT2D eigenvalue weighted by molar-refractivity contribution is 5.98. The maximum atomic E-state index is 12.7. The third-order valence-electron chi connectivity index (χ3n) is 5.00. The fourth-order valence-corrected chi connectivity index (χ4v) is 3.43. The fourth-order valence-electron chi connectivity index (χ4n) is 3.43. The minimum Gasteiger partial charge on any atom is -0.368 e. The second-order valence-corrected chi connectivity index (χ2v) is 6.94. The van der Waals surface area contributed by atoms with Crippen LogP contribution in [0.3, 0.4) is 0 Å². The van der Waals surface area contributed by atoms with E-state index in [-0.39, 0.29) is 5.91 Å². The van der Waals surface area contributed by atoms with E-state index in [1.54, 1.807) is 12.1 Å². The number of aromatic amines is 1. The van der Waals surface area contributed by atoms with Gasteiger partial charge in [-0.25, -0.2) is 0 Å². The van der Waals surface area contributed by atoms with Crippen molar-refractivity contribution in [3.05, 3.63) is 96.2 Å². The lowest BCUT2D eigenvalue weighted by Crippen LogP contribution is -2.45. The van der Waals surface area contributed by atoms with Crippen molar-refractivity contribution in [1.29, 1.82) is 0 Å². The zero-order chi connectivity index (χ0) is 20.2. The molecule has 0 bridgehead atoms. The van der Waals surface area contributed by atoms with Gasteiger partial charge in [-0.15, -0.1) is 0 Å². The number of carbonyl (C=O) groups is 2. The van der Waals surface area contributed by atoms with Gasteiger partial charge in [0.2, 0.25) is 5.91 Å². The molecular formula is C24H21N3O2. The molecule has 0 aliphatic rings. The number of rotatable bonds is 6. The Hall–Kier alpha value is -3.86. The molecule has 4 N–H and O–H groups in total. The lowest BCUT2D eigenvalue weighted by Gasteiger charge is -2.15. The Kier molecular flexibility index (Phi) is 5.12. The number of fused-ring (bicyclic) bond motifs is 1. The van der Waals surface area contributed by atoms with Crippen molar-refractivity contribution in [2.75, 3.05) is 0 Å². The van der Waals surface area contributed by atoms with Gasteiger partial charge in [0.25, 0.3) is 5.91 Å². The quantitative estimate of drug-likeness (QED) is 0.474. The van der Waals surface area contributed by atoms with Crippen molar-refractivity contribution in [2.45, 2.75) is 12.5 Å². The summed E-state index contributed by atoms with van der Waals surface area (Å²) in [6.07, 6.45) is 2.18. The molecule has 4 aromatic rings. The largest absolute Gasteiger partial charge is 0.368 e. The van der Waals surface area contributed by atoms with Crippen LogP contribution in [-0.4, -0.2) is 22.8 Å². The van der Waals surface area contributed by atoms with E-state index >= 15 is 0 Å². The molecule has 1 atom stereocenters. The van der Waals surface area contributed by atoms with E-state index in [0.717, 1.165) is 27.6 Å². The molecule has 1 aromatic heterocycles. The molecule has 5 heteroatoms. The Morgan fingerprint density at radius 1 is 0.862 bits per heavy atom. The van der Waals surface area contributed by atoms with E-state index in [1.807, 2.05) is 72.9 Å². The molecule has 0 aliphatic heterocycles. The number of hydrogen-bond donors (Lipinski definition) is 3. The number of para-hydroxylation sites is 1. The molecule has 0 unspecified atom stereocenters. The van der Waals surface area contributed by atoms with Crippen LogP contribution in [-0.2, 0) is 11.2 Å². The zero-order valence-electron chi connectivity index (χ0n) is 15.8. The van der Waals surface area contributed by atoms with Crippen LogP contribution in [0, 0.1) is 0 Å². The maximum Gasteiger partial charge on any atom is 0.251 e. The van der Waals surface area contributed by atoms with Gasteiger partial charge >= 0.3 is 0 Å². The van der Waals surface area contributed by atoms with E-state index in [9.17, 15) is 9.59 Å². The van der Waals surface area contributed by atoms with E-state index in [0.29, 0.717) is 12.0 Å². The van der Waals surface area contributed by atoms with Gasteiger partial charge in [-0.2, -0.15) is 0 Å². The number of benzene rings is 3. The molecule has 0 saturated carbocycles. The molecule has 0 saturated heterocycles. The first kappa shape index (κ1) is 18.5. The van der Waals surface area contributed by atoms with Crippen molar-refractivity contribution < 1.29 is 9.59 Å². The first-order valence-electron chi connectivity index (χ1n) is 9.42. The monoisotopic (exact) mass is 383 g/mol. The molecular weight excluding hydrogens is 362 g/mol. The Balaban J connectivity index is 1.49. The Morgan fingerprint density at radius 2 is 1.52 bits per heavy atom. The van der Waals surface area contributed by atoms with Crippen LogP contribution in [0.5, 0.6) is 0 Å². The summed E-state index contributed by atoms with van der Waals surface area (Å²) in [6.45, 7) is 0. The summed E-state index contributed by atoms with van der Waals surface area (Å²) >= 11 is 0. The maximum absolute atomic E-state index is 12.7. The summed E-state index contributed by atoms with van der Waals surface area (Å²) in [6, 6.07) is 24.2. The van der Waals surface area contributed by atoms with Crippen LogP contribution in [0.25, 0.3) is 22.0 Å². The predicted molar refractivity (Wildman–Crippen MR) is 114 cm³/mol. The van der Waals surface area contributed by atoms with E-state index in [4.69, 9.17) is 5.73 Å². The van der Waals surface area contributed by atoms with Gasteiger partial charge < -0.3 is 16.0 Å². The number of nitrogens with two attached hydrogens (primary N) is 1. The lowest BCUT2D eigenvalue weighted by molar-refractivity contribution is -0.119. The number of amides is 2. The first-order valence-corrected chi connectivity index (χ1v) is 9.42. The van der Waals surface area contributed by atoms with E-state index in [1.165, 1.54) is 0 Å². The van der Waals surface area contributed by atoms with Crippen LogP contribution < -0.4 is 11.1 Å².